The first-order valence-electron chi connectivity index (χ1n) is 12.8. The fraction of sp³-hybridized carbons (Fsp3) is 0.714. The van der Waals surface area contributed by atoms with Crippen LogP contribution in [-0.4, -0.2) is 62.9 Å². The van der Waals surface area contributed by atoms with Gasteiger partial charge in [-0.1, -0.05) is 13.5 Å². The molecule has 0 saturated heterocycles. The smallest absolute Gasteiger partial charge is 0.309 e. The Kier molecular flexibility index (Phi) is 9.87. The van der Waals surface area contributed by atoms with Crippen LogP contribution in [0.5, 0.6) is 0 Å². The quantitative estimate of drug-likeness (QED) is 0.247. The molecule has 2 aliphatic rings. The van der Waals surface area contributed by atoms with E-state index < -0.39 is 53.5 Å². The van der Waals surface area contributed by atoms with Crippen molar-refractivity contribution < 1.29 is 44.0 Å². The zero-order chi connectivity index (χ0) is 28.2. The Hall–Kier alpha value is -2.52. The third kappa shape index (κ3) is 8.50. The summed E-state index contributed by atoms with van der Waals surface area (Å²) in [5.41, 5.74) is -2.20. The number of hydrogen-bond donors (Lipinski definition) is 3. The lowest BCUT2D eigenvalue weighted by atomic mass is 9.67. The number of aliphatic carboxylic acids is 1. The average molecular weight is 523 g/mol. The molecule has 0 spiro atoms. The largest absolute Gasteiger partial charge is 0.481 e. The van der Waals surface area contributed by atoms with Gasteiger partial charge in [-0.05, 0) is 81.9 Å². The molecular formula is C28H42O9. The van der Waals surface area contributed by atoms with E-state index in [1.165, 1.54) is 13.8 Å². The van der Waals surface area contributed by atoms with E-state index in [4.69, 9.17) is 14.6 Å². The SMILES string of the molecule is C=C1CC[C@H]2[C@H](C(C)(C)O)CC[C@]2(C)[C@@H](OC(C)=O)/C=C(\COC(=O)C[C@@](C)(O)CC(=O)O)CCC1=O. The maximum atomic E-state index is 12.8. The van der Waals surface area contributed by atoms with Gasteiger partial charge in [-0.25, -0.2) is 0 Å². The van der Waals surface area contributed by atoms with Crippen LogP contribution in [0.3, 0.4) is 0 Å². The Morgan fingerprint density at radius 3 is 2.32 bits per heavy atom. The molecule has 0 aromatic heterocycles. The number of allylic oxidation sites excluding steroid dienone is 1. The van der Waals surface area contributed by atoms with Crippen molar-refractivity contribution in [3.63, 3.8) is 0 Å². The van der Waals surface area contributed by atoms with Crippen molar-refractivity contribution in [3.8, 4) is 0 Å². The summed E-state index contributed by atoms with van der Waals surface area (Å²) < 4.78 is 11.2. The van der Waals surface area contributed by atoms with Crippen LogP contribution >= 0.6 is 0 Å². The second kappa shape index (κ2) is 11.9. The number of esters is 2. The van der Waals surface area contributed by atoms with Gasteiger partial charge >= 0.3 is 17.9 Å². The van der Waals surface area contributed by atoms with Gasteiger partial charge in [0.25, 0.3) is 0 Å². The molecule has 37 heavy (non-hydrogen) atoms. The molecule has 0 aromatic rings. The number of hydrogen-bond acceptors (Lipinski definition) is 8. The van der Waals surface area contributed by atoms with Gasteiger partial charge in [0.15, 0.2) is 5.78 Å². The predicted octanol–water partition coefficient (Wildman–Crippen LogP) is 3.51. The second-order valence-corrected chi connectivity index (χ2v) is 11.7. The minimum atomic E-state index is -1.77. The zero-order valence-electron chi connectivity index (χ0n) is 22.7. The number of ketones is 1. The molecule has 5 atom stereocenters. The summed E-state index contributed by atoms with van der Waals surface area (Å²) >= 11 is 0. The molecule has 1 fully saturated rings. The molecule has 0 amide bonds. The van der Waals surface area contributed by atoms with Crippen LogP contribution in [0.15, 0.2) is 23.8 Å². The maximum Gasteiger partial charge on any atom is 0.309 e. The minimum Gasteiger partial charge on any atom is -0.481 e. The van der Waals surface area contributed by atoms with Crippen LogP contribution in [0.2, 0.25) is 0 Å². The number of carboxylic acids is 1. The Morgan fingerprint density at radius 1 is 1.11 bits per heavy atom. The number of carbonyl (C=O) groups excluding carboxylic acids is 3. The Morgan fingerprint density at radius 2 is 1.76 bits per heavy atom. The third-order valence-electron chi connectivity index (χ3n) is 7.86. The second-order valence-electron chi connectivity index (χ2n) is 11.7. The molecule has 0 unspecified atom stereocenters. The summed E-state index contributed by atoms with van der Waals surface area (Å²) in [5.74, 6) is -2.74. The normalized spacial score (nSPS) is 30.2. The van der Waals surface area contributed by atoms with E-state index >= 15 is 0 Å². The van der Waals surface area contributed by atoms with Crippen molar-refractivity contribution in [2.45, 2.75) is 103 Å². The number of aliphatic hydroxyl groups is 2. The van der Waals surface area contributed by atoms with Crippen molar-refractivity contribution in [2.75, 3.05) is 6.61 Å². The van der Waals surface area contributed by atoms with E-state index in [1.807, 2.05) is 6.92 Å². The maximum absolute atomic E-state index is 12.8. The number of fused-ring (bicyclic) bond motifs is 1. The number of Topliss-reactive ketones (excluding diaryl/α,β-unsaturated/α-hetero) is 1. The van der Waals surface area contributed by atoms with Crippen molar-refractivity contribution >= 4 is 23.7 Å². The summed E-state index contributed by atoms with van der Waals surface area (Å²) in [5, 5.41) is 30.0. The molecule has 0 aliphatic heterocycles. The molecule has 0 radical (unpaired) electrons. The van der Waals surface area contributed by atoms with Gasteiger partial charge in [0.1, 0.15) is 12.7 Å². The first-order valence-corrected chi connectivity index (χ1v) is 12.8. The van der Waals surface area contributed by atoms with Crippen LogP contribution < -0.4 is 0 Å². The van der Waals surface area contributed by atoms with E-state index in [-0.39, 0.29) is 37.1 Å². The van der Waals surface area contributed by atoms with Gasteiger partial charge < -0.3 is 24.8 Å². The van der Waals surface area contributed by atoms with Crippen LogP contribution in [0.1, 0.15) is 86.0 Å². The predicted molar refractivity (Wildman–Crippen MR) is 135 cm³/mol. The molecule has 0 aromatic carbocycles. The average Bonchev–Trinajstić information content (AvgIpc) is 3.08. The Bertz CT molecular complexity index is 940. The van der Waals surface area contributed by atoms with Gasteiger partial charge in [-0.2, -0.15) is 0 Å². The monoisotopic (exact) mass is 522 g/mol. The van der Waals surface area contributed by atoms with Gasteiger partial charge in [0.05, 0.1) is 24.0 Å². The third-order valence-corrected chi connectivity index (χ3v) is 7.86. The standard InChI is InChI=1S/C28H42O9/c1-17-7-9-21-20(26(3,4)34)11-12-28(21,6)23(37-18(2)29)13-19(8-10-22(17)30)16-36-25(33)15-27(5,35)14-24(31)32/h13,20-21,23,34-35H,1,7-12,14-16H2,2-6H3,(H,31,32)/b19-13-/t20-,21+,23+,27+,28+/m1/s1. The van der Waals surface area contributed by atoms with Crippen LogP contribution in [0.25, 0.3) is 0 Å². The summed E-state index contributed by atoms with van der Waals surface area (Å²) in [6, 6.07) is 0. The van der Waals surface area contributed by atoms with Crippen molar-refractivity contribution in [1.82, 2.24) is 0 Å². The fourth-order valence-electron chi connectivity index (χ4n) is 5.84. The number of carboxylic acid groups (broad SMARTS) is 1. The first kappa shape index (κ1) is 30.7. The van der Waals surface area contributed by atoms with Crippen LogP contribution in [-0.2, 0) is 28.7 Å². The van der Waals surface area contributed by atoms with Crippen LogP contribution in [0, 0.1) is 17.3 Å². The molecule has 208 valence electrons. The molecule has 9 heteroatoms. The zero-order valence-corrected chi connectivity index (χ0v) is 22.7. The van der Waals surface area contributed by atoms with E-state index in [2.05, 4.69) is 6.58 Å². The Labute approximate surface area is 218 Å². The molecular weight excluding hydrogens is 480 g/mol. The van der Waals surface area contributed by atoms with E-state index in [9.17, 15) is 29.4 Å². The minimum absolute atomic E-state index is 0.0642. The fourth-order valence-corrected chi connectivity index (χ4v) is 5.84. The number of ether oxygens (including phenoxy) is 2. The van der Waals surface area contributed by atoms with Crippen LogP contribution in [0.4, 0.5) is 0 Å². The summed E-state index contributed by atoms with van der Waals surface area (Å²) in [4.78, 5) is 48.2. The highest BCUT2D eigenvalue weighted by atomic mass is 16.5. The van der Waals surface area contributed by atoms with Crippen molar-refractivity contribution in [1.29, 1.82) is 0 Å². The lowest BCUT2D eigenvalue weighted by Gasteiger charge is -2.42. The lowest BCUT2D eigenvalue weighted by molar-refractivity contribution is -0.153. The highest BCUT2D eigenvalue weighted by Crippen LogP contribution is 2.56. The molecule has 0 heterocycles. The van der Waals surface area contributed by atoms with Crippen molar-refractivity contribution in [3.05, 3.63) is 23.8 Å². The topological polar surface area (TPSA) is 147 Å². The molecule has 9 nitrogen and oxygen atoms in total. The summed E-state index contributed by atoms with van der Waals surface area (Å²) in [6.07, 6.45) is 2.85. The molecule has 3 N–H and O–H groups in total. The number of carbonyl (C=O) groups is 4. The van der Waals surface area contributed by atoms with E-state index in [1.54, 1.807) is 19.9 Å². The molecule has 0 bridgehead atoms. The Balaban J connectivity index is 2.40. The van der Waals surface area contributed by atoms with E-state index in [0.717, 1.165) is 6.42 Å². The summed E-state index contributed by atoms with van der Waals surface area (Å²) in [7, 11) is 0. The lowest BCUT2D eigenvalue weighted by Crippen LogP contribution is -2.43. The number of rotatable bonds is 8. The van der Waals surface area contributed by atoms with Crippen molar-refractivity contribution in [2.24, 2.45) is 17.3 Å². The molecule has 2 rings (SSSR count). The van der Waals surface area contributed by atoms with Gasteiger partial charge in [0.2, 0.25) is 0 Å². The summed E-state index contributed by atoms with van der Waals surface area (Å²) in [6.45, 7) is 11.9. The van der Waals surface area contributed by atoms with E-state index in [0.29, 0.717) is 30.4 Å². The highest BCUT2D eigenvalue weighted by molar-refractivity contribution is 5.94. The van der Waals surface area contributed by atoms with Gasteiger partial charge in [-0.3, -0.25) is 19.2 Å². The molecule has 1 saturated carbocycles. The first-order chi connectivity index (χ1) is 16.9. The molecule has 2 aliphatic carbocycles. The van der Waals surface area contributed by atoms with Gasteiger partial charge in [0, 0.05) is 18.8 Å². The van der Waals surface area contributed by atoms with Gasteiger partial charge in [-0.15, -0.1) is 0 Å². The highest BCUT2D eigenvalue weighted by Gasteiger charge is 2.54.